The Hall–Kier alpha value is -2.23. The summed E-state index contributed by atoms with van der Waals surface area (Å²) in [6, 6.07) is 15.3. The number of halogens is 2. The minimum Gasteiger partial charge on any atom is -0.478 e. The number of hydrogen-bond acceptors (Lipinski definition) is 1. The van der Waals surface area contributed by atoms with E-state index in [-0.39, 0.29) is 0 Å². The van der Waals surface area contributed by atoms with E-state index in [1.54, 1.807) is 0 Å². The van der Waals surface area contributed by atoms with Crippen molar-refractivity contribution in [2.45, 2.75) is 6.54 Å². The largest absolute Gasteiger partial charge is 0.478 e. The van der Waals surface area contributed by atoms with Gasteiger partial charge in [0.2, 0.25) is 0 Å². The van der Waals surface area contributed by atoms with Crippen LogP contribution in [0.3, 0.4) is 0 Å². The van der Waals surface area contributed by atoms with Crippen LogP contribution in [0.2, 0.25) is 10.2 Å². The molecule has 0 aliphatic rings. The molecule has 0 bridgehead atoms. The summed E-state index contributed by atoms with van der Waals surface area (Å²) in [6.45, 7) is 0.581. The van der Waals surface area contributed by atoms with Gasteiger partial charge in [-0.1, -0.05) is 53.5 Å². The highest BCUT2D eigenvalue weighted by Crippen LogP contribution is 2.32. The molecule has 0 aliphatic carbocycles. The van der Waals surface area contributed by atoms with E-state index in [9.17, 15) is 4.79 Å². The monoisotopic (exact) mass is 345 g/mol. The van der Waals surface area contributed by atoms with Crippen molar-refractivity contribution in [3.8, 4) is 0 Å². The number of carbonyl (C=O) groups is 1. The van der Waals surface area contributed by atoms with Crippen molar-refractivity contribution in [1.29, 1.82) is 0 Å². The second-order valence-electron chi connectivity index (χ2n) is 5.11. The molecule has 1 aromatic heterocycles. The molecule has 0 unspecified atom stereocenters. The molecule has 23 heavy (non-hydrogen) atoms. The third-order valence-electron chi connectivity index (χ3n) is 3.59. The van der Waals surface area contributed by atoms with Crippen LogP contribution in [0.25, 0.3) is 17.0 Å². The standard InChI is InChI=1S/C18H13Cl2NO2/c19-13-7-5-12(6-8-13)11-21-16-4-2-1-3-14(16)15(18(21)20)9-10-17(22)23/h1-10H,11H2,(H,22,23)/b10-9+. The van der Waals surface area contributed by atoms with Crippen molar-refractivity contribution in [3.05, 3.63) is 75.9 Å². The van der Waals surface area contributed by atoms with E-state index in [4.69, 9.17) is 28.3 Å². The quantitative estimate of drug-likeness (QED) is 0.668. The van der Waals surface area contributed by atoms with Gasteiger partial charge in [-0.3, -0.25) is 0 Å². The fourth-order valence-electron chi connectivity index (χ4n) is 2.54. The first-order chi connectivity index (χ1) is 11.1. The van der Waals surface area contributed by atoms with Crippen molar-refractivity contribution >= 4 is 46.2 Å². The smallest absolute Gasteiger partial charge is 0.328 e. The molecular weight excluding hydrogens is 333 g/mol. The number of aromatic nitrogens is 1. The van der Waals surface area contributed by atoms with Gasteiger partial charge < -0.3 is 9.67 Å². The van der Waals surface area contributed by atoms with E-state index in [1.165, 1.54) is 6.08 Å². The second kappa shape index (κ2) is 6.49. The summed E-state index contributed by atoms with van der Waals surface area (Å²) >= 11 is 12.4. The number of nitrogens with zero attached hydrogens (tertiary/aromatic N) is 1. The number of hydrogen-bond donors (Lipinski definition) is 1. The van der Waals surface area contributed by atoms with E-state index in [2.05, 4.69) is 0 Å². The molecule has 0 spiro atoms. The molecule has 2 aromatic carbocycles. The molecule has 0 atom stereocenters. The van der Waals surface area contributed by atoms with Crippen molar-refractivity contribution in [2.75, 3.05) is 0 Å². The van der Waals surface area contributed by atoms with Crippen LogP contribution in [0.1, 0.15) is 11.1 Å². The summed E-state index contributed by atoms with van der Waals surface area (Å²) in [4.78, 5) is 10.8. The minimum absolute atomic E-state index is 0.513. The number of fused-ring (bicyclic) bond motifs is 1. The molecule has 0 saturated carbocycles. The van der Waals surface area contributed by atoms with Crippen LogP contribution in [0.15, 0.2) is 54.6 Å². The van der Waals surface area contributed by atoms with Gasteiger partial charge in [-0.15, -0.1) is 0 Å². The minimum atomic E-state index is -1.00. The topological polar surface area (TPSA) is 42.2 Å². The van der Waals surface area contributed by atoms with Gasteiger partial charge >= 0.3 is 5.97 Å². The number of para-hydroxylation sites is 1. The van der Waals surface area contributed by atoms with Gasteiger partial charge in [-0.25, -0.2) is 4.79 Å². The average molecular weight is 346 g/mol. The third-order valence-corrected chi connectivity index (χ3v) is 4.25. The van der Waals surface area contributed by atoms with Crippen LogP contribution in [0.5, 0.6) is 0 Å². The average Bonchev–Trinajstić information content (AvgIpc) is 2.80. The van der Waals surface area contributed by atoms with E-state index < -0.39 is 5.97 Å². The van der Waals surface area contributed by atoms with Crippen molar-refractivity contribution in [1.82, 2.24) is 4.57 Å². The van der Waals surface area contributed by atoms with Gasteiger partial charge in [-0.05, 0) is 29.8 Å². The van der Waals surface area contributed by atoms with Crippen LogP contribution in [0.4, 0.5) is 0 Å². The fourth-order valence-corrected chi connectivity index (χ4v) is 2.98. The molecule has 1 N–H and O–H groups in total. The lowest BCUT2D eigenvalue weighted by Gasteiger charge is -2.07. The van der Waals surface area contributed by atoms with Crippen molar-refractivity contribution in [2.24, 2.45) is 0 Å². The van der Waals surface area contributed by atoms with Crippen LogP contribution in [-0.2, 0) is 11.3 Å². The fraction of sp³-hybridized carbons (Fsp3) is 0.0556. The summed E-state index contributed by atoms with van der Waals surface area (Å²) in [5, 5.41) is 11.0. The lowest BCUT2D eigenvalue weighted by atomic mass is 10.1. The molecule has 0 fully saturated rings. The summed E-state index contributed by atoms with van der Waals surface area (Å²) in [5.74, 6) is -1.00. The maximum Gasteiger partial charge on any atom is 0.328 e. The second-order valence-corrected chi connectivity index (χ2v) is 5.90. The highest BCUT2D eigenvalue weighted by atomic mass is 35.5. The maximum atomic E-state index is 10.8. The Morgan fingerprint density at radius 2 is 1.78 bits per heavy atom. The number of aliphatic carboxylic acids is 1. The van der Waals surface area contributed by atoms with Crippen molar-refractivity contribution in [3.63, 3.8) is 0 Å². The molecule has 5 heteroatoms. The van der Waals surface area contributed by atoms with Crippen LogP contribution in [-0.4, -0.2) is 15.6 Å². The van der Waals surface area contributed by atoms with Crippen molar-refractivity contribution < 1.29 is 9.90 Å². The molecule has 116 valence electrons. The van der Waals surface area contributed by atoms with Gasteiger partial charge in [0.15, 0.2) is 0 Å². The summed E-state index contributed by atoms with van der Waals surface area (Å²) in [5.41, 5.74) is 2.72. The molecule has 1 heterocycles. The Morgan fingerprint density at radius 3 is 2.48 bits per heavy atom. The zero-order valence-electron chi connectivity index (χ0n) is 12.0. The number of rotatable bonds is 4. The van der Waals surface area contributed by atoms with E-state index in [0.717, 1.165) is 22.5 Å². The molecule has 3 rings (SSSR count). The number of carboxylic acid groups (broad SMARTS) is 1. The van der Waals surface area contributed by atoms with Crippen LogP contribution in [0, 0.1) is 0 Å². The highest BCUT2D eigenvalue weighted by molar-refractivity contribution is 6.33. The van der Waals surface area contributed by atoms with E-state index >= 15 is 0 Å². The maximum absolute atomic E-state index is 10.8. The van der Waals surface area contributed by atoms with E-state index in [1.807, 2.05) is 53.1 Å². The van der Waals surface area contributed by atoms with Gasteiger partial charge in [0.25, 0.3) is 0 Å². The summed E-state index contributed by atoms with van der Waals surface area (Å²) in [6.07, 6.45) is 2.63. The zero-order chi connectivity index (χ0) is 16.4. The summed E-state index contributed by atoms with van der Waals surface area (Å²) in [7, 11) is 0. The molecule has 0 radical (unpaired) electrons. The first kappa shape index (κ1) is 15.7. The molecule has 0 saturated heterocycles. The Bertz CT molecular complexity index is 895. The van der Waals surface area contributed by atoms with Crippen LogP contribution < -0.4 is 0 Å². The normalized spacial score (nSPS) is 11.4. The Labute approximate surface area is 143 Å². The molecule has 0 aliphatic heterocycles. The Kier molecular flexibility index (Phi) is 4.42. The highest BCUT2D eigenvalue weighted by Gasteiger charge is 2.14. The van der Waals surface area contributed by atoms with E-state index in [0.29, 0.717) is 22.3 Å². The molecule has 3 aromatic rings. The SMILES string of the molecule is O=C(O)/C=C/c1c(Cl)n(Cc2ccc(Cl)cc2)c2ccccc12. The summed E-state index contributed by atoms with van der Waals surface area (Å²) < 4.78 is 1.96. The number of carboxylic acids is 1. The lowest BCUT2D eigenvalue weighted by molar-refractivity contribution is -0.131. The van der Waals surface area contributed by atoms with Crippen LogP contribution >= 0.6 is 23.2 Å². The molecule has 0 amide bonds. The number of benzene rings is 2. The predicted octanol–water partition coefficient (Wildman–Crippen LogP) is 5.09. The first-order valence-corrected chi connectivity index (χ1v) is 7.74. The predicted molar refractivity (Wildman–Crippen MR) is 94.2 cm³/mol. The lowest BCUT2D eigenvalue weighted by Crippen LogP contribution is -1.99. The molecule has 3 nitrogen and oxygen atoms in total. The van der Waals surface area contributed by atoms with Gasteiger partial charge in [0.05, 0.1) is 5.52 Å². The van der Waals surface area contributed by atoms with Gasteiger partial charge in [-0.2, -0.15) is 0 Å². The first-order valence-electron chi connectivity index (χ1n) is 6.98. The Balaban J connectivity index is 2.11. The Morgan fingerprint density at radius 1 is 1.09 bits per heavy atom. The van der Waals surface area contributed by atoms with Gasteiger partial charge in [0, 0.05) is 28.6 Å². The van der Waals surface area contributed by atoms with Gasteiger partial charge in [0.1, 0.15) is 5.15 Å². The third kappa shape index (κ3) is 3.26. The molecular formula is C18H13Cl2NO2. The zero-order valence-corrected chi connectivity index (χ0v) is 13.6.